The molecule has 168 valence electrons. The predicted octanol–water partition coefficient (Wildman–Crippen LogP) is 4.48. The zero-order chi connectivity index (χ0) is 23.8. The third-order valence-electron chi connectivity index (χ3n) is 5.24. The maximum absolute atomic E-state index is 13.3. The average Bonchev–Trinajstić information content (AvgIpc) is 3.00. The summed E-state index contributed by atoms with van der Waals surface area (Å²) in [7, 11) is 1.47. The molecule has 7 nitrogen and oxygen atoms in total. The lowest BCUT2D eigenvalue weighted by Gasteiger charge is -2.21. The van der Waals surface area contributed by atoms with Gasteiger partial charge in [0.25, 0.3) is 5.91 Å². The molecule has 0 unspecified atom stereocenters. The Labute approximate surface area is 194 Å². The summed E-state index contributed by atoms with van der Waals surface area (Å²) in [5, 5.41) is 13.1. The van der Waals surface area contributed by atoms with Crippen molar-refractivity contribution in [3.8, 4) is 5.75 Å². The quantitative estimate of drug-likeness (QED) is 0.546. The Morgan fingerprint density at radius 2 is 1.72 bits per heavy atom. The number of hydrogen-bond acceptors (Lipinski definition) is 4. The molecule has 3 aromatic rings. The van der Waals surface area contributed by atoms with Crippen molar-refractivity contribution in [2.75, 3.05) is 7.11 Å². The number of aromatic nitrogens is 1. The number of nitrogens with one attached hydrogen (secondary N) is 1. The van der Waals surface area contributed by atoms with Gasteiger partial charge in [-0.3, -0.25) is 14.2 Å². The van der Waals surface area contributed by atoms with Crippen molar-refractivity contribution in [1.82, 2.24) is 9.88 Å². The Morgan fingerprint density at radius 1 is 1.09 bits per heavy atom. The van der Waals surface area contributed by atoms with E-state index in [9.17, 15) is 19.5 Å². The molecule has 0 saturated carbocycles. The van der Waals surface area contributed by atoms with E-state index in [0.717, 1.165) is 0 Å². The first-order valence-electron chi connectivity index (χ1n) is 9.69. The summed E-state index contributed by atoms with van der Waals surface area (Å²) >= 11 is 12.5. The summed E-state index contributed by atoms with van der Waals surface area (Å²) in [4.78, 5) is 37.5. The van der Waals surface area contributed by atoms with E-state index >= 15 is 0 Å². The molecule has 0 bridgehead atoms. The van der Waals surface area contributed by atoms with Gasteiger partial charge in [0.1, 0.15) is 11.3 Å². The van der Waals surface area contributed by atoms with E-state index in [4.69, 9.17) is 27.9 Å². The van der Waals surface area contributed by atoms with Gasteiger partial charge in [-0.05, 0) is 62.7 Å². The second-order valence-corrected chi connectivity index (χ2v) is 8.66. The Kier molecular flexibility index (Phi) is 6.53. The van der Waals surface area contributed by atoms with Gasteiger partial charge in [0.05, 0.1) is 24.1 Å². The van der Waals surface area contributed by atoms with E-state index in [1.54, 1.807) is 43.3 Å². The second-order valence-electron chi connectivity index (χ2n) is 7.84. The number of carbonyl (C=O) groups is 3. The topological polar surface area (TPSA) is 97.6 Å². The van der Waals surface area contributed by atoms with Crippen LogP contribution >= 0.6 is 23.2 Å². The van der Waals surface area contributed by atoms with Gasteiger partial charge in [-0.1, -0.05) is 23.2 Å². The molecule has 0 aliphatic carbocycles. The number of nitrogens with zero attached hydrogens (tertiary/aromatic N) is 1. The molecule has 0 atom stereocenters. The average molecular weight is 477 g/mol. The summed E-state index contributed by atoms with van der Waals surface area (Å²) < 4.78 is 6.79. The molecular weight excluding hydrogens is 455 g/mol. The van der Waals surface area contributed by atoms with Crippen LogP contribution < -0.4 is 10.1 Å². The maximum atomic E-state index is 13.3. The van der Waals surface area contributed by atoms with Crippen LogP contribution in [0, 0.1) is 6.92 Å². The second kappa shape index (κ2) is 8.84. The number of hydrogen-bond donors (Lipinski definition) is 2. The number of fused-ring (bicyclic) bond motifs is 1. The Morgan fingerprint density at radius 3 is 2.28 bits per heavy atom. The number of methoxy groups -OCH3 is 1. The van der Waals surface area contributed by atoms with Crippen LogP contribution in [0.1, 0.15) is 35.5 Å². The molecule has 2 aromatic carbocycles. The smallest absolute Gasteiger partial charge is 0.328 e. The van der Waals surface area contributed by atoms with Gasteiger partial charge in [-0.2, -0.15) is 0 Å². The molecule has 0 aliphatic heterocycles. The Hall–Kier alpha value is -3.03. The molecule has 3 rings (SSSR count). The molecule has 0 aliphatic rings. The fraction of sp³-hybridized carbons (Fsp3) is 0.261. The van der Waals surface area contributed by atoms with Crippen molar-refractivity contribution < 1.29 is 24.2 Å². The van der Waals surface area contributed by atoms with Gasteiger partial charge in [0.15, 0.2) is 0 Å². The standard InChI is InChI=1S/C23H22Cl2N2O5/c1-12-15(11-18(28)26-23(2,3)22(30)31)19-16(9-10-17(32-4)20(19)25)27(12)21(29)13-5-7-14(24)8-6-13/h5-10H,11H2,1-4H3,(H,26,28)(H,30,31). The van der Waals surface area contributed by atoms with Gasteiger partial charge in [-0.15, -0.1) is 0 Å². The molecule has 9 heteroatoms. The number of carboxylic acid groups (broad SMARTS) is 1. The number of ether oxygens (including phenoxy) is 1. The fourth-order valence-electron chi connectivity index (χ4n) is 3.48. The summed E-state index contributed by atoms with van der Waals surface area (Å²) in [6.45, 7) is 4.49. The summed E-state index contributed by atoms with van der Waals surface area (Å²) in [6.07, 6.45) is -0.174. The first kappa shape index (κ1) is 23.6. The van der Waals surface area contributed by atoms with Crippen molar-refractivity contribution in [2.24, 2.45) is 0 Å². The van der Waals surface area contributed by atoms with E-state index in [0.29, 0.717) is 38.5 Å². The highest BCUT2D eigenvalue weighted by atomic mass is 35.5. The summed E-state index contributed by atoms with van der Waals surface area (Å²) in [5.74, 6) is -1.61. The van der Waals surface area contributed by atoms with Gasteiger partial charge in [-0.25, -0.2) is 4.79 Å². The highest BCUT2D eigenvalue weighted by Gasteiger charge is 2.30. The third-order valence-corrected chi connectivity index (χ3v) is 5.86. The lowest BCUT2D eigenvalue weighted by Crippen LogP contribution is -2.50. The first-order valence-corrected chi connectivity index (χ1v) is 10.4. The number of rotatable bonds is 6. The molecule has 0 radical (unpaired) electrons. The normalized spacial score (nSPS) is 11.4. The maximum Gasteiger partial charge on any atom is 0.328 e. The largest absolute Gasteiger partial charge is 0.495 e. The van der Waals surface area contributed by atoms with Crippen LogP contribution in [0.2, 0.25) is 10.0 Å². The number of aliphatic carboxylic acids is 1. The zero-order valence-corrected chi connectivity index (χ0v) is 19.5. The lowest BCUT2D eigenvalue weighted by molar-refractivity contribution is -0.145. The lowest BCUT2D eigenvalue weighted by atomic mass is 10.0. The molecule has 0 fully saturated rings. The van der Waals surface area contributed by atoms with Crippen LogP contribution in [0.15, 0.2) is 36.4 Å². The zero-order valence-electron chi connectivity index (χ0n) is 18.0. The van der Waals surface area contributed by atoms with E-state index in [1.165, 1.54) is 25.5 Å². The van der Waals surface area contributed by atoms with Crippen LogP contribution in [-0.4, -0.2) is 40.1 Å². The van der Waals surface area contributed by atoms with E-state index in [1.807, 2.05) is 0 Å². The molecule has 0 spiro atoms. The first-order chi connectivity index (χ1) is 15.0. The molecule has 2 N–H and O–H groups in total. The van der Waals surface area contributed by atoms with Crippen LogP contribution in [0.25, 0.3) is 10.9 Å². The number of benzene rings is 2. The van der Waals surface area contributed by atoms with Crippen molar-refractivity contribution in [3.05, 3.63) is 63.3 Å². The molecule has 1 heterocycles. The van der Waals surface area contributed by atoms with E-state index in [2.05, 4.69) is 5.32 Å². The van der Waals surface area contributed by atoms with Crippen LogP contribution in [-0.2, 0) is 16.0 Å². The van der Waals surface area contributed by atoms with Crippen LogP contribution in [0.4, 0.5) is 0 Å². The minimum absolute atomic E-state index is 0.174. The molecule has 1 amide bonds. The van der Waals surface area contributed by atoms with Gasteiger partial charge >= 0.3 is 5.97 Å². The number of halogens is 2. The van der Waals surface area contributed by atoms with E-state index in [-0.39, 0.29) is 17.4 Å². The highest BCUT2D eigenvalue weighted by molar-refractivity contribution is 6.37. The Bertz CT molecular complexity index is 1230. The minimum Gasteiger partial charge on any atom is -0.495 e. The van der Waals surface area contributed by atoms with Crippen molar-refractivity contribution in [1.29, 1.82) is 0 Å². The van der Waals surface area contributed by atoms with Gasteiger partial charge < -0.3 is 15.2 Å². The van der Waals surface area contributed by atoms with Gasteiger partial charge in [0, 0.05) is 21.7 Å². The SMILES string of the molecule is COc1ccc2c(c1Cl)c(CC(=O)NC(C)(C)C(=O)O)c(C)n2C(=O)c1ccc(Cl)cc1. The monoisotopic (exact) mass is 476 g/mol. The van der Waals surface area contributed by atoms with E-state index < -0.39 is 17.4 Å². The van der Waals surface area contributed by atoms with Crippen molar-refractivity contribution in [2.45, 2.75) is 32.7 Å². The van der Waals surface area contributed by atoms with Crippen LogP contribution in [0.3, 0.4) is 0 Å². The molecular formula is C23H22Cl2N2O5. The number of carboxylic acids is 1. The number of carbonyl (C=O) groups excluding carboxylic acids is 2. The molecule has 0 saturated heterocycles. The molecule has 32 heavy (non-hydrogen) atoms. The summed E-state index contributed by atoms with van der Waals surface area (Å²) in [6, 6.07) is 9.81. The minimum atomic E-state index is -1.45. The fourth-order valence-corrected chi connectivity index (χ4v) is 3.96. The number of amides is 1. The predicted molar refractivity (Wildman–Crippen MR) is 123 cm³/mol. The Balaban J connectivity index is 2.16. The summed E-state index contributed by atoms with van der Waals surface area (Å²) in [5.41, 5.74) is 0.477. The van der Waals surface area contributed by atoms with Crippen molar-refractivity contribution >= 4 is 51.9 Å². The van der Waals surface area contributed by atoms with Gasteiger partial charge in [0.2, 0.25) is 5.91 Å². The molecule has 1 aromatic heterocycles. The van der Waals surface area contributed by atoms with Crippen molar-refractivity contribution in [3.63, 3.8) is 0 Å². The van der Waals surface area contributed by atoms with Crippen LogP contribution in [0.5, 0.6) is 5.75 Å². The third kappa shape index (κ3) is 4.31. The highest BCUT2D eigenvalue weighted by Crippen LogP contribution is 2.38.